The number of nitro groups is 1. The van der Waals surface area contributed by atoms with Crippen LogP contribution < -0.4 is 15.2 Å². The highest BCUT2D eigenvalue weighted by molar-refractivity contribution is 7.99. The number of benzene rings is 1. The molecule has 0 bridgehead atoms. The minimum Gasteiger partial charge on any atom is -0.493 e. The zero-order chi connectivity index (χ0) is 14.3. The molecule has 0 aromatic heterocycles. The van der Waals surface area contributed by atoms with Gasteiger partial charge in [0.05, 0.1) is 24.7 Å². The summed E-state index contributed by atoms with van der Waals surface area (Å²) in [6, 6.07) is 2.93. The van der Waals surface area contributed by atoms with Crippen LogP contribution >= 0.6 is 11.8 Å². The zero-order valence-electron chi connectivity index (χ0n) is 11.0. The molecule has 0 saturated heterocycles. The minimum atomic E-state index is -0.463. The number of methoxy groups -OCH3 is 1. The monoisotopic (exact) mass is 286 g/mol. The lowest BCUT2D eigenvalue weighted by Crippen LogP contribution is -2.06. The number of rotatable bonds is 8. The van der Waals surface area contributed by atoms with E-state index in [9.17, 15) is 10.1 Å². The Labute approximate surface area is 116 Å². The van der Waals surface area contributed by atoms with Crippen LogP contribution in [0.15, 0.2) is 12.1 Å². The topological polar surface area (TPSA) is 87.6 Å². The highest BCUT2D eigenvalue weighted by Crippen LogP contribution is 2.34. The standard InChI is InChI=1S/C12H18N2O4S/c1-3-19-5-4-18-12-7-10(14(15)16)9(8-13)6-11(12)17-2/h6-7H,3-5,8,13H2,1-2H3. The van der Waals surface area contributed by atoms with Crippen LogP contribution in [0, 0.1) is 10.1 Å². The van der Waals surface area contributed by atoms with Crippen molar-refractivity contribution in [1.29, 1.82) is 0 Å². The molecular formula is C12H18N2O4S. The molecule has 7 heteroatoms. The van der Waals surface area contributed by atoms with Crippen LogP contribution in [0.25, 0.3) is 0 Å². The molecule has 0 heterocycles. The first-order chi connectivity index (χ1) is 9.13. The van der Waals surface area contributed by atoms with Crippen LogP contribution in [0.4, 0.5) is 5.69 Å². The molecule has 0 amide bonds. The van der Waals surface area contributed by atoms with Gasteiger partial charge in [0.15, 0.2) is 11.5 Å². The van der Waals surface area contributed by atoms with Crippen LogP contribution in [-0.4, -0.2) is 30.1 Å². The van der Waals surface area contributed by atoms with Gasteiger partial charge in [-0.3, -0.25) is 10.1 Å². The summed E-state index contributed by atoms with van der Waals surface area (Å²) < 4.78 is 10.7. The predicted molar refractivity (Wildman–Crippen MR) is 76.0 cm³/mol. The van der Waals surface area contributed by atoms with Gasteiger partial charge in [-0.15, -0.1) is 0 Å². The Morgan fingerprint density at radius 1 is 1.42 bits per heavy atom. The second kappa shape index (κ2) is 7.85. The molecule has 0 saturated carbocycles. The average molecular weight is 286 g/mol. The molecule has 0 aliphatic carbocycles. The second-order valence-corrected chi connectivity index (χ2v) is 5.03. The summed E-state index contributed by atoms with van der Waals surface area (Å²) in [7, 11) is 1.50. The van der Waals surface area contributed by atoms with Gasteiger partial charge in [0.25, 0.3) is 5.69 Å². The highest BCUT2D eigenvalue weighted by atomic mass is 32.2. The molecule has 0 atom stereocenters. The van der Waals surface area contributed by atoms with E-state index in [0.29, 0.717) is 23.7 Å². The molecule has 0 unspecified atom stereocenters. The number of hydrogen-bond donors (Lipinski definition) is 1. The van der Waals surface area contributed by atoms with E-state index in [1.54, 1.807) is 17.8 Å². The molecule has 106 valence electrons. The van der Waals surface area contributed by atoms with Crippen molar-refractivity contribution in [2.45, 2.75) is 13.5 Å². The van der Waals surface area contributed by atoms with Crippen LogP contribution in [0.3, 0.4) is 0 Å². The van der Waals surface area contributed by atoms with E-state index >= 15 is 0 Å². The third-order valence-electron chi connectivity index (χ3n) is 2.47. The summed E-state index contributed by atoms with van der Waals surface area (Å²) in [5.74, 6) is 2.68. The number of hydrogen-bond acceptors (Lipinski definition) is 6. The number of thioether (sulfide) groups is 1. The number of nitrogens with two attached hydrogens (primary N) is 1. The molecule has 6 nitrogen and oxygen atoms in total. The van der Waals surface area contributed by atoms with Gasteiger partial charge in [-0.25, -0.2) is 0 Å². The summed E-state index contributed by atoms with van der Waals surface area (Å²) in [5, 5.41) is 11.0. The summed E-state index contributed by atoms with van der Waals surface area (Å²) >= 11 is 1.74. The van der Waals surface area contributed by atoms with E-state index in [4.69, 9.17) is 15.2 Å². The first-order valence-corrected chi connectivity index (χ1v) is 7.05. The SMILES string of the molecule is CCSCCOc1cc([N+](=O)[O-])c(CN)cc1OC. The third kappa shape index (κ3) is 4.29. The minimum absolute atomic E-state index is 0.0403. The Morgan fingerprint density at radius 3 is 2.68 bits per heavy atom. The average Bonchev–Trinajstić information content (AvgIpc) is 2.42. The first kappa shape index (κ1) is 15.6. The molecule has 19 heavy (non-hydrogen) atoms. The van der Waals surface area contributed by atoms with Gasteiger partial charge in [0, 0.05) is 17.9 Å². The van der Waals surface area contributed by atoms with Gasteiger partial charge in [-0.1, -0.05) is 6.92 Å². The van der Waals surface area contributed by atoms with E-state index in [-0.39, 0.29) is 12.2 Å². The summed E-state index contributed by atoms with van der Waals surface area (Å²) in [6.45, 7) is 2.62. The van der Waals surface area contributed by atoms with Gasteiger partial charge in [0.1, 0.15) is 0 Å². The highest BCUT2D eigenvalue weighted by Gasteiger charge is 2.18. The number of nitrogens with zero attached hydrogens (tertiary/aromatic N) is 1. The van der Waals surface area contributed by atoms with Crippen molar-refractivity contribution < 1.29 is 14.4 Å². The van der Waals surface area contributed by atoms with Gasteiger partial charge < -0.3 is 15.2 Å². The predicted octanol–water partition coefficient (Wildman–Crippen LogP) is 2.19. The maximum Gasteiger partial charge on any atom is 0.277 e. The van der Waals surface area contributed by atoms with Gasteiger partial charge in [-0.05, 0) is 11.8 Å². The van der Waals surface area contributed by atoms with Crippen molar-refractivity contribution >= 4 is 17.4 Å². The fourth-order valence-electron chi connectivity index (χ4n) is 1.55. The second-order valence-electron chi connectivity index (χ2n) is 3.64. The Bertz CT molecular complexity index is 440. The largest absolute Gasteiger partial charge is 0.493 e. The summed E-state index contributed by atoms with van der Waals surface area (Å²) in [6.07, 6.45) is 0. The zero-order valence-corrected chi connectivity index (χ0v) is 11.9. The van der Waals surface area contributed by atoms with Crippen molar-refractivity contribution in [2.24, 2.45) is 5.73 Å². The molecule has 0 aliphatic rings. The fraction of sp³-hybridized carbons (Fsp3) is 0.500. The Morgan fingerprint density at radius 2 is 2.16 bits per heavy atom. The maximum atomic E-state index is 11.0. The first-order valence-electron chi connectivity index (χ1n) is 5.89. The molecule has 1 rings (SSSR count). The van der Waals surface area contributed by atoms with Gasteiger partial charge in [0.2, 0.25) is 0 Å². The molecule has 0 fully saturated rings. The molecule has 1 aromatic carbocycles. The lowest BCUT2D eigenvalue weighted by atomic mass is 10.1. The van der Waals surface area contributed by atoms with Crippen molar-refractivity contribution in [1.82, 2.24) is 0 Å². The van der Waals surface area contributed by atoms with Gasteiger partial charge in [-0.2, -0.15) is 11.8 Å². The Kier molecular flexibility index (Phi) is 6.44. The molecule has 1 aromatic rings. The quantitative estimate of drug-likeness (QED) is 0.448. The van der Waals surface area contributed by atoms with E-state index in [2.05, 4.69) is 6.92 Å². The normalized spacial score (nSPS) is 10.3. The van der Waals surface area contributed by atoms with E-state index in [1.807, 2.05) is 0 Å². The van der Waals surface area contributed by atoms with Crippen LogP contribution in [0.2, 0.25) is 0 Å². The molecular weight excluding hydrogens is 268 g/mol. The number of nitro benzene ring substituents is 1. The Hall–Kier alpha value is -1.47. The van der Waals surface area contributed by atoms with Crippen LogP contribution in [0.1, 0.15) is 12.5 Å². The van der Waals surface area contributed by atoms with Crippen molar-refractivity contribution in [3.05, 3.63) is 27.8 Å². The van der Waals surface area contributed by atoms with Crippen molar-refractivity contribution in [3.8, 4) is 11.5 Å². The maximum absolute atomic E-state index is 11.0. The van der Waals surface area contributed by atoms with E-state index < -0.39 is 4.92 Å². The van der Waals surface area contributed by atoms with Crippen LogP contribution in [-0.2, 0) is 6.54 Å². The smallest absolute Gasteiger partial charge is 0.277 e. The molecule has 0 aliphatic heterocycles. The lowest BCUT2D eigenvalue weighted by molar-refractivity contribution is -0.385. The van der Waals surface area contributed by atoms with E-state index in [1.165, 1.54) is 13.2 Å². The lowest BCUT2D eigenvalue weighted by Gasteiger charge is -2.12. The van der Waals surface area contributed by atoms with Crippen LogP contribution in [0.5, 0.6) is 11.5 Å². The Balaban J connectivity index is 2.94. The van der Waals surface area contributed by atoms with Crippen molar-refractivity contribution in [3.63, 3.8) is 0 Å². The van der Waals surface area contributed by atoms with Gasteiger partial charge >= 0.3 is 0 Å². The summed E-state index contributed by atoms with van der Waals surface area (Å²) in [4.78, 5) is 10.5. The number of ether oxygens (including phenoxy) is 2. The summed E-state index contributed by atoms with van der Waals surface area (Å²) in [5.41, 5.74) is 5.89. The molecule has 0 spiro atoms. The molecule has 2 N–H and O–H groups in total. The van der Waals surface area contributed by atoms with Crippen molar-refractivity contribution in [2.75, 3.05) is 25.2 Å². The molecule has 0 radical (unpaired) electrons. The fourth-order valence-corrected chi connectivity index (χ4v) is 2.04. The third-order valence-corrected chi connectivity index (χ3v) is 3.33. The van der Waals surface area contributed by atoms with E-state index in [0.717, 1.165) is 11.5 Å².